The molecule has 2 aliphatic heterocycles. The van der Waals surface area contributed by atoms with Crippen LogP contribution in [-0.2, 0) is 6.42 Å². The van der Waals surface area contributed by atoms with Crippen LogP contribution in [0, 0.1) is 0 Å². The summed E-state index contributed by atoms with van der Waals surface area (Å²) in [5.74, 6) is 1.53. The molecule has 2 heterocycles. The van der Waals surface area contributed by atoms with E-state index in [9.17, 15) is 0 Å². The first-order valence-corrected chi connectivity index (χ1v) is 5.92. The number of fused-ring (bicyclic) bond motifs is 1. The van der Waals surface area contributed by atoms with E-state index in [1.807, 2.05) is 0 Å². The third kappa shape index (κ3) is 1.73. The smallest absolute Gasteiger partial charge is 0.189 e. The van der Waals surface area contributed by atoms with Crippen molar-refractivity contribution in [1.82, 2.24) is 5.32 Å². The highest BCUT2D eigenvalue weighted by Crippen LogP contribution is 2.40. The Morgan fingerprint density at radius 3 is 3.00 bits per heavy atom. The summed E-state index contributed by atoms with van der Waals surface area (Å²) in [6.07, 6.45) is 0.958. The molecule has 0 aromatic heterocycles. The maximum atomic E-state index is 6.04. The van der Waals surface area contributed by atoms with Gasteiger partial charge in [0.1, 0.15) is 11.4 Å². The maximum absolute atomic E-state index is 6.04. The molecule has 17 heavy (non-hydrogen) atoms. The van der Waals surface area contributed by atoms with Crippen molar-refractivity contribution in [1.29, 1.82) is 0 Å². The summed E-state index contributed by atoms with van der Waals surface area (Å²) in [5, 5.41) is 3.17. The van der Waals surface area contributed by atoms with Crippen LogP contribution >= 0.6 is 0 Å². The second-order valence-corrected chi connectivity index (χ2v) is 5.30. The van der Waals surface area contributed by atoms with Gasteiger partial charge in [-0.2, -0.15) is 0 Å². The van der Waals surface area contributed by atoms with Gasteiger partial charge in [0, 0.05) is 12.0 Å². The van der Waals surface area contributed by atoms with E-state index in [4.69, 9.17) is 10.5 Å². The van der Waals surface area contributed by atoms with Gasteiger partial charge in [-0.25, -0.2) is 0 Å². The van der Waals surface area contributed by atoms with Crippen LogP contribution in [0.1, 0.15) is 31.0 Å². The molecule has 2 aliphatic rings. The van der Waals surface area contributed by atoms with Crippen molar-refractivity contribution in [2.75, 3.05) is 6.54 Å². The van der Waals surface area contributed by atoms with Gasteiger partial charge in [-0.3, -0.25) is 4.99 Å². The van der Waals surface area contributed by atoms with Crippen molar-refractivity contribution < 1.29 is 4.74 Å². The Morgan fingerprint density at radius 1 is 1.47 bits per heavy atom. The normalized spacial score (nSPS) is 24.8. The summed E-state index contributed by atoms with van der Waals surface area (Å²) < 4.78 is 6.04. The Balaban J connectivity index is 1.96. The lowest BCUT2D eigenvalue weighted by Crippen LogP contribution is -2.30. The average Bonchev–Trinajstić information content (AvgIpc) is 2.78. The van der Waals surface area contributed by atoms with Crippen LogP contribution < -0.4 is 15.8 Å². The molecule has 0 saturated carbocycles. The number of nitrogens with zero attached hydrogens (tertiary/aromatic N) is 1. The standard InChI is InChI=1S/C13H17N3O/c1-13(2)6-8-4-3-5-9(11(8)17-13)10-7-15-12(14)16-10/h3-5,10H,6-7H2,1-2H3,(H3,14,15,16). The van der Waals surface area contributed by atoms with Crippen molar-refractivity contribution in [3.05, 3.63) is 29.3 Å². The molecule has 0 aliphatic carbocycles. The number of para-hydroxylation sites is 1. The summed E-state index contributed by atoms with van der Waals surface area (Å²) >= 11 is 0. The number of hydrogen-bond acceptors (Lipinski definition) is 4. The highest BCUT2D eigenvalue weighted by molar-refractivity contribution is 5.80. The first-order valence-electron chi connectivity index (χ1n) is 5.92. The SMILES string of the molecule is CC1(C)Cc2cccc(C3CN=C(N)N3)c2O1. The van der Waals surface area contributed by atoms with Crippen LogP contribution in [0.2, 0.25) is 0 Å². The van der Waals surface area contributed by atoms with Gasteiger partial charge in [0.15, 0.2) is 5.96 Å². The van der Waals surface area contributed by atoms with Gasteiger partial charge in [-0.1, -0.05) is 18.2 Å². The van der Waals surface area contributed by atoms with Crippen LogP contribution in [0.25, 0.3) is 0 Å². The summed E-state index contributed by atoms with van der Waals surface area (Å²) in [4.78, 5) is 4.18. The quantitative estimate of drug-likeness (QED) is 0.767. The van der Waals surface area contributed by atoms with Crippen molar-refractivity contribution in [2.45, 2.75) is 31.9 Å². The molecule has 0 spiro atoms. The molecule has 0 amide bonds. The minimum Gasteiger partial charge on any atom is -0.487 e. The average molecular weight is 231 g/mol. The monoisotopic (exact) mass is 231 g/mol. The van der Waals surface area contributed by atoms with Crippen LogP contribution in [0.15, 0.2) is 23.2 Å². The largest absolute Gasteiger partial charge is 0.487 e. The predicted molar refractivity (Wildman–Crippen MR) is 67.2 cm³/mol. The van der Waals surface area contributed by atoms with E-state index in [-0.39, 0.29) is 11.6 Å². The summed E-state index contributed by atoms with van der Waals surface area (Å²) in [6.45, 7) is 4.92. The molecule has 1 atom stereocenters. The van der Waals surface area contributed by atoms with E-state index in [0.29, 0.717) is 12.5 Å². The summed E-state index contributed by atoms with van der Waals surface area (Å²) in [7, 11) is 0. The Hall–Kier alpha value is -1.71. The number of aliphatic imine (C=N–C) groups is 1. The molecule has 1 unspecified atom stereocenters. The van der Waals surface area contributed by atoms with Gasteiger partial charge in [-0.05, 0) is 19.4 Å². The number of nitrogens with two attached hydrogens (primary N) is 1. The van der Waals surface area contributed by atoms with Gasteiger partial charge in [0.25, 0.3) is 0 Å². The zero-order valence-corrected chi connectivity index (χ0v) is 10.2. The first kappa shape index (κ1) is 10.4. The van der Waals surface area contributed by atoms with Crippen LogP contribution in [0.5, 0.6) is 5.75 Å². The molecule has 0 fully saturated rings. The Kier molecular flexibility index (Phi) is 2.08. The van der Waals surface area contributed by atoms with Gasteiger partial charge in [-0.15, -0.1) is 0 Å². The molecule has 3 N–H and O–H groups in total. The maximum Gasteiger partial charge on any atom is 0.189 e. The summed E-state index contributed by atoms with van der Waals surface area (Å²) in [6, 6.07) is 6.45. The molecule has 1 aromatic carbocycles. The third-order valence-corrected chi connectivity index (χ3v) is 3.26. The highest BCUT2D eigenvalue weighted by atomic mass is 16.5. The predicted octanol–water partition coefficient (Wildman–Crippen LogP) is 1.36. The van der Waals surface area contributed by atoms with Crippen molar-refractivity contribution in [2.24, 2.45) is 10.7 Å². The van der Waals surface area contributed by atoms with Gasteiger partial charge >= 0.3 is 0 Å². The lowest BCUT2D eigenvalue weighted by atomic mass is 9.98. The number of hydrogen-bond donors (Lipinski definition) is 2. The molecule has 4 nitrogen and oxygen atoms in total. The zero-order chi connectivity index (χ0) is 12.0. The molecule has 90 valence electrons. The second-order valence-electron chi connectivity index (χ2n) is 5.30. The lowest BCUT2D eigenvalue weighted by Gasteiger charge is -2.20. The minimum absolute atomic E-state index is 0.108. The van der Waals surface area contributed by atoms with Crippen LogP contribution in [0.4, 0.5) is 0 Å². The number of benzene rings is 1. The van der Waals surface area contributed by atoms with E-state index in [1.165, 1.54) is 5.56 Å². The number of rotatable bonds is 1. The van der Waals surface area contributed by atoms with Crippen molar-refractivity contribution in [3.63, 3.8) is 0 Å². The van der Waals surface area contributed by atoms with Crippen molar-refractivity contribution in [3.8, 4) is 5.75 Å². The van der Waals surface area contributed by atoms with E-state index in [0.717, 1.165) is 17.7 Å². The van der Waals surface area contributed by atoms with E-state index < -0.39 is 0 Å². The number of guanidine groups is 1. The van der Waals surface area contributed by atoms with Gasteiger partial charge in [0.2, 0.25) is 0 Å². The molecule has 0 radical (unpaired) electrons. The summed E-state index contributed by atoms with van der Waals surface area (Å²) in [5.41, 5.74) is 7.99. The Morgan fingerprint density at radius 2 is 2.29 bits per heavy atom. The van der Waals surface area contributed by atoms with Gasteiger partial charge in [0.05, 0.1) is 12.6 Å². The van der Waals surface area contributed by atoms with E-state index in [1.54, 1.807) is 0 Å². The highest BCUT2D eigenvalue weighted by Gasteiger charge is 2.33. The lowest BCUT2D eigenvalue weighted by molar-refractivity contribution is 0.136. The van der Waals surface area contributed by atoms with Crippen molar-refractivity contribution >= 4 is 5.96 Å². The molecule has 4 heteroatoms. The van der Waals surface area contributed by atoms with Gasteiger partial charge < -0.3 is 15.8 Å². The van der Waals surface area contributed by atoms with Crippen LogP contribution in [-0.4, -0.2) is 18.1 Å². The second kappa shape index (κ2) is 3.39. The van der Waals surface area contributed by atoms with Crippen LogP contribution in [0.3, 0.4) is 0 Å². The zero-order valence-electron chi connectivity index (χ0n) is 10.2. The fraction of sp³-hybridized carbons (Fsp3) is 0.462. The number of ether oxygens (including phenoxy) is 1. The first-order chi connectivity index (χ1) is 8.05. The van der Waals surface area contributed by atoms with E-state index in [2.05, 4.69) is 42.4 Å². The minimum atomic E-state index is -0.108. The fourth-order valence-corrected chi connectivity index (χ4v) is 2.55. The Bertz CT molecular complexity index is 493. The Labute approximate surface area is 101 Å². The van der Waals surface area contributed by atoms with E-state index >= 15 is 0 Å². The molecule has 0 bridgehead atoms. The fourth-order valence-electron chi connectivity index (χ4n) is 2.55. The molecule has 3 rings (SSSR count). The molecular formula is C13H17N3O. The number of nitrogens with one attached hydrogen (secondary N) is 1. The third-order valence-electron chi connectivity index (χ3n) is 3.26. The topological polar surface area (TPSA) is 59.6 Å². The molecule has 1 aromatic rings. The molecular weight excluding hydrogens is 214 g/mol. The molecule has 0 saturated heterocycles.